The topological polar surface area (TPSA) is 23.5 Å². The SMILES string of the molecule is CCCC[C@H](O)CCCCCN1CCSCC1. The predicted molar refractivity (Wildman–Crippen MR) is 77.8 cm³/mol. The van der Waals surface area contributed by atoms with E-state index < -0.39 is 0 Å². The van der Waals surface area contributed by atoms with Gasteiger partial charge in [0, 0.05) is 24.6 Å². The molecule has 0 aromatic heterocycles. The van der Waals surface area contributed by atoms with Crippen LogP contribution in [-0.2, 0) is 0 Å². The lowest BCUT2D eigenvalue weighted by atomic mass is 10.1. The minimum absolute atomic E-state index is 0.0404. The fraction of sp³-hybridized carbons (Fsp3) is 1.00. The molecule has 0 spiro atoms. The number of thioether (sulfide) groups is 1. The highest BCUT2D eigenvalue weighted by Crippen LogP contribution is 2.12. The molecule has 2 nitrogen and oxygen atoms in total. The van der Waals surface area contributed by atoms with Gasteiger partial charge in [-0.1, -0.05) is 32.6 Å². The summed E-state index contributed by atoms with van der Waals surface area (Å²) in [7, 11) is 0. The Morgan fingerprint density at radius 1 is 1.06 bits per heavy atom. The molecule has 3 heteroatoms. The molecule has 0 radical (unpaired) electrons. The molecule has 1 atom stereocenters. The van der Waals surface area contributed by atoms with Gasteiger partial charge in [-0.2, -0.15) is 11.8 Å². The van der Waals surface area contributed by atoms with Crippen molar-refractivity contribution in [1.82, 2.24) is 4.90 Å². The number of unbranched alkanes of at least 4 members (excludes halogenated alkanes) is 3. The lowest BCUT2D eigenvalue weighted by molar-refractivity contribution is 0.147. The van der Waals surface area contributed by atoms with Gasteiger partial charge in [-0.3, -0.25) is 0 Å². The van der Waals surface area contributed by atoms with Crippen LogP contribution in [0.3, 0.4) is 0 Å². The third-order valence-electron chi connectivity index (χ3n) is 3.51. The summed E-state index contributed by atoms with van der Waals surface area (Å²) < 4.78 is 0. The third kappa shape index (κ3) is 8.06. The first-order valence-electron chi connectivity index (χ1n) is 7.31. The van der Waals surface area contributed by atoms with E-state index >= 15 is 0 Å². The number of hydrogen-bond donors (Lipinski definition) is 1. The van der Waals surface area contributed by atoms with Crippen LogP contribution in [-0.4, -0.2) is 47.3 Å². The van der Waals surface area contributed by atoms with Gasteiger partial charge in [0.2, 0.25) is 0 Å². The van der Waals surface area contributed by atoms with Gasteiger partial charge in [-0.15, -0.1) is 0 Å². The summed E-state index contributed by atoms with van der Waals surface area (Å²) in [6.07, 6.45) is 8.14. The summed E-state index contributed by atoms with van der Waals surface area (Å²) in [6.45, 7) is 6.02. The molecule has 1 aliphatic rings. The standard InChI is InChI=1S/C14H29NOS/c1-2-3-7-14(16)8-5-4-6-9-15-10-12-17-13-11-15/h14,16H,2-13H2,1H3/t14-/m0/s1. The van der Waals surface area contributed by atoms with E-state index in [1.54, 1.807) is 0 Å². The van der Waals surface area contributed by atoms with Crippen molar-refractivity contribution in [2.24, 2.45) is 0 Å². The summed E-state index contributed by atoms with van der Waals surface area (Å²) in [5.41, 5.74) is 0. The van der Waals surface area contributed by atoms with E-state index in [0.29, 0.717) is 0 Å². The highest BCUT2D eigenvalue weighted by molar-refractivity contribution is 7.99. The Morgan fingerprint density at radius 2 is 1.76 bits per heavy atom. The maximum absolute atomic E-state index is 9.72. The Morgan fingerprint density at radius 3 is 2.47 bits per heavy atom. The van der Waals surface area contributed by atoms with Crippen LogP contribution in [0, 0.1) is 0 Å². The molecule has 1 saturated heterocycles. The lowest BCUT2D eigenvalue weighted by Gasteiger charge is -2.25. The largest absolute Gasteiger partial charge is 0.393 e. The first-order chi connectivity index (χ1) is 8.33. The van der Waals surface area contributed by atoms with E-state index in [-0.39, 0.29) is 6.10 Å². The molecule has 0 aromatic carbocycles. The van der Waals surface area contributed by atoms with Crippen molar-refractivity contribution < 1.29 is 5.11 Å². The van der Waals surface area contributed by atoms with Gasteiger partial charge in [0.05, 0.1) is 6.10 Å². The van der Waals surface area contributed by atoms with Crippen molar-refractivity contribution in [1.29, 1.82) is 0 Å². The zero-order chi connectivity index (χ0) is 12.3. The van der Waals surface area contributed by atoms with E-state index in [9.17, 15) is 5.11 Å². The summed E-state index contributed by atoms with van der Waals surface area (Å²) in [5.74, 6) is 2.63. The monoisotopic (exact) mass is 259 g/mol. The smallest absolute Gasteiger partial charge is 0.0540 e. The van der Waals surface area contributed by atoms with E-state index in [0.717, 1.165) is 12.8 Å². The zero-order valence-corrected chi connectivity index (χ0v) is 12.2. The molecule has 0 saturated carbocycles. The second-order valence-electron chi connectivity index (χ2n) is 5.10. The van der Waals surface area contributed by atoms with Gasteiger partial charge in [0.25, 0.3) is 0 Å². The van der Waals surface area contributed by atoms with Gasteiger partial charge < -0.3 is 10.0 Å². The minimum Gasteiger partial charge on any atom is -0.393 e. The molecule has 1 heterocycles. The zero-order valence-electron chi connectivity index (χ0n) is 11.4. The first-order valence-corrected chi connectivity index (χ1v) is 8.46. The lowest BCUT2D eigenvalue weighted by Crippen LogP contribution is -2.33. The fourth-order valence-corrected chi connectivity index (χ4v) is 3.28. The average Bonchev–Trinajstić information content (AvgIpc) is 2.37. The van der Waals surface area contributed by atoms with Crippen molar-refractivity contribution in [3.8, 4) is 0 Å². The van der Waals surface area contributed by atoms with Crippen LogP contribution in [0.1, 0.15) is 51.9 Å². The molecule has 1 aliphatic heterocycles. The van der Waals surface area contributed by atoms with Crippen molar-refractivity contribution in [2.75, 3.05) is 31.1 Å². The van der Waals surface area contributed by atoms with Gasteiger partial charge in [0.1, 0.15) is 0 Å². The quantitative estimate of drug-likeness (QED) is 0.644. The highest BCUT2D eigenvalue weighted by Gasteiger charge is 2.09. The van der Waals surface area contributed by atoms with Crippen molar-refractivity contribution >= 4 is 11.8 Å². The van der Waals surface area contributed by atoms with Crippen molar-refractivity contribution in [3.63, 3.8) is 0 Å². The molecule has 17 heavy (non-hydrogen) atoms. The summed E-state index contributed by atoms with van der Waals surface area (Å²) in [5, 5.41) is 9.72. The number of nitrogens with zero attached hydrogens (tertiary/aromatic N) is 1. The Hall–Kier alpha value is 0.270. The van der Waals surface area contributed by atoms with Crippen molar-refractivity contribution in [3.05, 3.63) is 0 Å². The molecule has 0 bridgehead atoms. The van der Waals surface area contributed by atoms with Crippen LogP contribution < -0.4 is 0 Å². The Labute approximate surface area is 111 Å². The maximum atomic E-state index is 9.72. The maximum Gasteiger partial charge on any atom is 0.0540 e. The normalized spacial score (nSPS) is 19.4. The summed E-state index contributed by atoms with van der Waals surface area (Å²) in [4.78, 5) is 2.59. The van der Waals surface area contributed by atoms with Gasteiger partial charge in [0.15, 0.2) is 0 Å². The Bertz CT molecular complexity index is 172. The first kappa shape index (κ1) is 15.3. The molecule has 1 fully saturated rings. The van der Waals surface area contributed by atoms with E-state index in [2.05, 4.69) is 23.6 Å². The predicted octanol–water partition coefficient (Wildman–Crippen LogP) is 3.15. The van der Waals surface area contributed by atoms with Gasteiger partial charge in [-0.05, 0) is 25.8 Å². The molecule has 0 aromatic rings. The van der Waals surface area contributed by atoms with Crippen LogP contribution in [0.25, 0.3) is 0 Å². The highest BCUT2D eigenvalue weighted by atomic mass is 32.2. The molecular weight excluding hydrogens is 230 g/mol. The number of aliphatic hydroxyl groups excluding tert-OH is 1. The fourth-order valence-electron chi connectivity index (χ4n) is 2.30. The summed E-state index contributed by atoms with van der Waals surface area (Å²) in [6, 6.07) is 0. The minimum atomic E-state index is -0.0404. The van der Waals surface area contributed by atoms with E-state index in [1.807, 2.05) is 0 Å². The molecule has 1 N–H and O–H groups in total. The number of aliphatic hydroxyl groups is 1. The van der Waals surface area contributed by atoms with Crippen LogP contribution in [0.5, 0.6) is 0 Å². The van der Waals surface area contributed by atoms with Gasteiger partial charge >= 0.3 is 0 Å². The van der Waals surface area contributed by atoms with E-state index in [1.165, 1.54) is 63.2 Å². The average molecular weight is 259 g/mol. The Kier molecular flexibility index (Phi) is 9.21. The molecule has 0 aliphatic carbocycles. The number of rotatable bonds is 9. The van der Waals surface area contributed by atoms with E-state index in [4.69, 9.17) is 0 Å². The molecule has 0 amide bonds. The number of hydrogen-bond acceptors (Lipinski definition) is 3. The molecular formula is C14H29NOS. The summed E-state index contributed by atoms with van der Waals surface area (Å²) >= 11 is 2.08. The van der Waals surface area contributed by atoms with Crippen LogP contribution >= 0.6 is 11.8 Å². The second kappa shape index (κ2) is 10.2. The molecule has 102 valence electrons. The van der Waals surface area contributed by atoms with Crippen LogP contribution in [0.15, 0.2) is 0 Å². The third-order valence-corrected chi connectivity index (χ3v) is 4.45. The van der Waals surface area contributed by atoms with Crippen molar-refractivity contribution in [2.45, 2.75) is 58.0 Å². The second-order valence-corrected chi connectivity index (χ2v) is 6.32. The van der Waals surface area contributed by atoms with Gasteiger partial charge in [-0.25, -0.2) is 0 Å². The van der Waals surface area contributed by atoms with Crippen LogP contribution in [0.2, 0.25) is 0 Å². The molecule has 0 unspecified atom stereocenters. The van der Waals surface area contributed by atoms with Crippen LogP contribution in [0.4, 0.5) is 0 Å². The Balaban J connectivity index is 1.86. The molecule has 1 rings (SSSR count).